The molecular formula is C22H18F2N4O. The maximum absolute atomic E-state index is 14.6. The Labute approximate surface area is 166 Å². The van der Waals surface area contributed by atoms with Crippen molar-refractivity contribution in [2.24, 2.45) is 4.99 Å². The van der Waals surface area contributed by atoms with Crippen LogP contribution in [0.4, 0.5) is 25.8 Å². The largest absolute Gasteiger partial charge is 0.368 e. The normalized spacial score (nSPS) is 15.4. The van der Waals surface area contributed by atoms with Gasteiger partial charge in [-0.2, -0.15) is 0 Å². The van der Waals surface area contributed by atoms with E-state index in [1.165, 1.54) is 24.4 Å². The van der Waals surface area contributed by atoms with Crippen LogP contribution in [-0.4, -0.2) is 24.2 Å². The van der Waals surface area contributed by atoms with Crippen LogP contribution in [0.1, 0.15) is 17.0 Å². The van der Waals surface area contributed by atoms with Gasteiger partial charge < -0.3 is 10.2 Å². The molecule has 1 unspecified atom stereocenters. The number of aliphatic imine (C=N–C) groups is 1. The molecular weight excluding hydrogens is 374 g/mol. The highest BCUT2D eigenvalue weighted by Crippen LogP contribution is 2.34. The fourth-order valence-corrected chi connectivity index (χ4v) is 3.34. The molecule has 1 atom stereocenters. The SMILES string of the molecule is CN(Cc1cccnc1)c1ccc(N=CC2C(=O)Nc3cccc(F)c32)cc1F. The number of rotatable bonds is 5. The van der Waals surface area contributed by atoms with E-state index in [1.54, 1.807) is 42.5 Å². The van der Waals surface area contributed by atoms with Gasteiger partial charge in [-0.1, -0.05) is 12.1 Å². The lowest BCUT2D eigenvalue weighted by atomic mass is 10.0. The third-order valence-corrected chi connectivity index (χ3v) is 4.76. The Morgan fingerprint density at radius 2 is 2.03 bits per heavy atom. The van der Waals surface area contributed by atoms with Gasteiger partial charge in [-0.3, -0.25) is 14.8 Å². The maximum Gasteiger partial charge on any atom is 0.237 e. The van der Waals surface area contributed by atoms with Gasteiger partial charge in [0.1, 0.15) is 17.6 Å². The Kier molecular flexibility index (Phi) is 5.03. The Bertz CT molecular complexity index is 1090. The molecule has 146 valence electrons. The summed E-state index contributed by atoms with van der Waals surface area (Å²) in [6.45, 7) is 0.506. The van der Waals surface area contributed by atoms with Crippen LogP contribution in [0.15, 0.2) is 65.9 Å². The molecule has 1 aliphatic rings. The van der Waals surface area contributed by atoms with E-state index in [1.807, 2.05) is 12.1 Å². The maximum atomic E-state index is 14.6. The Morgan fingerprint density at radius 1 is 1.17 bits per heavy atom. The van der Waals surface area contributed by atoms with Gasteiger partial charge in [-0.05, 0) is 35.9 Å². The molecule has 1 aliphatic heterocycles. The van der Waals surface area contributed by atoms with Crippen LogP contribution < -0.4 is 10.2 Å². The van der Waals surface area contributed by atoms with Crippen molar-refractivity contribution in [3.05, 3.63) is 83.7 Å². The molecule has 0 saturated carbocycles. The number of nitrogens with one attached hydrogen (secondary N) is 1. The minimum Gasteiger partial charge on any atom is -0.368 e. The van der Waals surface area contributed by atoms with Crippen molar-refractivity contribution in [3.63, 3.8) is 0 Å². The molecule has 1 aromatic heterocycles. The van der Waals surface area contributed by atoms with Crippen molar-refractivity contribution >= 4 is 29.2 Å². The Morgan fingerprint density at radius 3 is 2.79 bits per heavy atom. The number of hydrogen-bond acceptors (Lipinski definition) is 4. The van der Waals surface area contributed by atoms with Crippen LogP contribution in [0.5, 0.6) is 0 Å². The highest BCUT2D eigenvalue weighted by molar-refractivity contribution is 6.12. The number of hydrogen-bond donors (Lipinski definition) is 1. The monoisotopic (exact) mass is 392 g/mol. The van der Waals surface area contributed by atoms with Crippen LogP contribution >= 0.6 is 0 Å². The van der Waals surface area contributed by atoms with Crippen molar-refractivity contribution in [2.75, 3.05) is 17.3 Å². The van der Waals surface area contributed by atoms with Gasteiger partial charge >= 0.3 is 0 Å². The lowest BCUT2D eigenvalue weighted by Crippen LogP contribution is -2.17. The molecule has 4 rings (SSSR count). The van der Waals surface area contributed by atoms with Crippen LogP contribution in [-0.2, 0) is 11.3 Å². The molecule has 5 nitrogen and oxygen atoms in total. The number of fused-ring (bicyclic) bond motifs is 1. The van der Waals surface area contributed by atoms with E-state index in [2.05, 4.69) is 15.3 Å². The molecule has 2 aromatic carbocycles. The topological polar surface area (TPSA) is 57.6 Å². The predicted molar refractivity (Wildman–Crippen MR) is 109 cm³/mol. The highest BCUT2D eigenvalue weighted by atomic mass is 19.1. The number of aromatic nitrogens is 1. The van der Waals surface area contributed by atoms with Crippen molar-refractivity contribution in [1.29, 1.82) is 0 Å². The lowest BCUT2D eigenvalue weighted by molar-refractivity contribution is -0.115. The second kappa shape index (κ2) is 7.79. The van der Waals surface area contributed by atoms with E-state index in [0.717, 1.165) is 5.56 Å². The van der Waals surface area contributed by atoms with Crippen molar-refractivity contribution in [2.45, 2.75) is 12.5 Å². The number of benzene rings is 2. The molecule has 29 heavy (non-hydrogen) atoms. The summed E-state index contributed by atoms with van der Waals surface area (Å²) in [6.07, 6.45) is 4.76. The molecule has 0 fully saturated rings. The van der Waals surface area contributed by atoms with Gasteiger partial charge in [0.15, 0.2) is 0 Å². The number of pyridine rings is 1. The van der Waals surface area contributed by atoms with Crippen molar-refractivity contribution in [1.82, 2.24) is 4.98 Å². The first-order valence-electron chi connectivity index (χ1n) is 9.06. The van der Waals surface area contributed by atoms with Gasteiger partial charge in [0.05, 0.1) is 11.4 Å². The van der Waals surface area contributed by atoms with Crippen molar-refractivity contribution in [3.8, 4) is 0 Å². The third kappa shape index (κ3) is 3.85. The zero-order valence-electron chi connectivity index (χ0n) is 15.6. The van der Waals surface area contributed by atoms with Crippen LogP contribution in [0.2, 0.25) is 0 Å². The zero-order chi connectivity index (χ0) is 20.4. The summed E-state index contributed by atoms with van der Waals surface area (Å²) in [6, 6.07) is 12.8. The van der Waals surface area contributed by atoms with Gasteiger partial charge in [0.25, 0.3) is 0 Å². The highest BCUT2D eigenvalue weighted by Gasteiger charge is 2.31. The zero-order valence-corrected chi connectivity index (χ0v) is 15.6. The quantitative estimate of drug-likeness (QED) is 0.654. The second-order valence-corrected chi connectivity index (χ2v) is 6.80. The van der Waals surface area contributed by atoms with Gasteiger partial charge in [-0.15, -0.1) is 0 Å². The summed E-state index contributed by atoms with van der Waals surface area (Å²) in [5.41, 5.74) is 2.42. The molecule has 0 aliphatic carbocycles. The summed E-state index contributed by atoms with van der Waals surface area (Å²) >= 11 is 0. The van der Waals surface area contributed by atoms with Crippen LogP contribution in [0.3, 0.4) is 0 Å². The Balaban J connectivity index is 1.52. The smallest absolute Gasteiger partial charge is 0.237 e. The number of nitrogens with zero attached hydrogens (tertiary/aromatic N) is 3. The molecule has 0 bridgehead atoms. The minimum absolute atomic E-state index is 0.259. The number of carbonyl (C=O) groups excluding carboxylic acids is 1. The van der Waals surface area contributed by atoms with Crippen LogP contribution in [0.25, 0.3) is 0 Å². The number of anilines is 2. The minimum atomic E-state index is -0.845. The molecule has 2 heterocycles. The summed E-state index contributed by atoms with van der Waals surface area (Å²) in [5.74, 6) is -2.12. The first-order valence-corrected chi connectivity index (χ1v) is 9.06. The fraction of sp³-hybridized carbons (Fsp3) is 0.136. The molecule has 0 radical (unpaired) electrons. The average Bonchev–Trinajstić information content (AvgIpc) is 3.03. The first-order chi connectivity index (χ1) is 14.0. The predicted octanol–water partition coefficient (Wildman–Crippen LogP) is 4.43. The standard InChI is InChI=1S/C22H18F2N4O/c1-28(13-14-4-3-9-25-11-14)20-8-7-15(10-18(20)24)26-12-16-21-17(23)5-2-6-19(21)27-22(16)29/h2-12,16H,13H2,1H3,(H,27,29). The van der Waals surface area contributed by atoms with E-state index in [0.29, 0.717) is 23.6 Å². The summed E-state index contributed by atoms with van der Waals surface area (Å²) in [7, 11) is 1.79. The number of amides is 1. The number of halogens is 2. The molecule has 3 aromatic rings. The van der Waals surface area contributed by atoms with Crippen LogP contribution in [0, 0.1) is 11.6 Å². The summed E-state index contributed by atoms with van der Waals surface area (Å²) in [4.78, 5) is 22.2. The van der Waals surface area contributed by atoms with E-state index >= 15 is 0 Å². The van der Waals surface area contributed by atoms with Gasteiger partial charge in [0, 0.05) is 49.5 Å². The molecule has 1 N–H and O–H groups in total. The molecule has 0 spiro atoms. The summed E-state index contributed by atoms with van der Waals surface area (Å²) < 4.78 is 28.7. The lowest BCUT2D eigenvalue weighted by Gasteiger charge is -2.20. The van der Waals surface area contributed by atoms with Crippen molar-refractivity contribution < 1.29 is 13.6 Å². The third-order valence-electron chi connectivity index (χ3n) is 4.76. The van der Waals surface area contributed by atoms with E-state index in [4.69, 9.17) is 0 Å². The number of carbonyl (C=O) groups is 1. The Hall–Kier alpha value is -3.61. The van der Waals surface area contributed by atoms with E-state index < -0.39 is 17.6 Å². The first kappa shape index (κ1) is 18.7. The second-order valence-electron chi connectivity index (χ2n) is 6.80. The average molecular weight is 392 g/mol. The molecule has 1 amide bonds. The van der Waals surface area contributed by atoms with E-state index in [-0.39, 0.29) is 11.5 Å². The summed E-state index contributed by atoms with van der Waals surface area (Å²) in [5, 5.41) is 2.63. The van der Waals surface area contributed by atoms with E-state index in [9.17, 15) is 13.6 Å². The fourth-order valence-electron chi connectivity index (χ4n) is 3.34. The van der Waals surface area contributed by atoms with Gasteiger partial charge in [-0.25, -0.2) is 8.78 Å². The molecule has 7 heteroatoms. The van der Waals surface area contributed by atoms with Gasteiger partial charge in [0.2, 0.25) is 5.91 Å². The molecule has 0 saturated heterocycles.